The van der Waals surface area contributed by atoms with Crippen molar-refractivity contribution >= 4 is 11.3 Å². The number of thiazole rings is 1. The molecule has 1 heterocycles. The average Bonchev–Trinajstić information content (AvgIpc) is 2.83. The number of aryl methyl sites for hydroxylation is 2. The van der Waals surface area contributed by atoms with Crippen LogP contribution in [0, 0.1) is 6.92 Å². The number of benzene rings is 1. The first-order chi connectivity index (χ1) is 9.24. The highest BCUT2D eigenvalue weighted by Crippen LogP contribution is 2.28. The Kier molecular flexibility index (Phi) is 5.11. The van der Waals surface area contributed by atoms with Crippen molar-refractivity contribution in [3.63, 3.8) is 0 Å². The number of hydrogen-bond donors (Lipinski definition) is 1. The van der Waals surface area contributed by atoms with E-state index < -0.39 is 0 Å². The van der Waals surface area contributed by atoms with Gasteiger partial charge < -0.3 is 5.32 Å². The molecule has 0 aliphatic rings. The molecule has 0 bridgehead atoms. The van der Waals surface area contributed by atoms with Crippen LogP contribution in [0.3, 0.4) is 0 Å². The summed E-state index contributed by atoms with van der Waals surface area (Å²) < 4.78 is 0. The van der Waals surface area contributed by atoms with Crippen molar-refractivity contribution in [1.29, 1.82) is 0 Å². The summed E-state index contributed by atoms with van der Waals surface area (Å²) in [7, 11) is 0. The molecule has 102 valence electrons. The molecule has 0 unspecified atom stereocenters. The summed E-state index contributed by atoms with van der Waals surface area (Å²) in [6.07, 6.45) is 2.18. The second kappa shape index (κ2) is 6.83. The van der Waals surface area contributed by atoms with Gasteiger partial charge in [-0.1, -0.05) is 43.7 Å². The average molecular weight is 274 g/mol. The van der Waals surface area contributed by atoms with Crippen LogP contribution in [-0.4, -0.2) is 11.5 Å². The zero-order valence-electron chi connectivity index (χ0n) is 12.0. The van der Waals surface area contributed by atoms with E-state index in [4.69, 9.17) is 4.98 Å². The van der Waals surface area contributed by atoms with Crippen LogP contribution in [-0.2, 0) is 13.0 Å². The monoisotopic (exact) mass is 274 g/mol. The molecule has 1 N–H and O–H groups in total. The first-order valence-corrected chi connectivity index (χ1v) is 7.82. The summed E-state index contributed by atoms with van der Waals surface area (Å²) in [5.74, 6) is 0. The Balaban J connectivity index is 2.20. The highest BCUT2D eigenvalue weighted by Gasteiger charge is 2.10. The Morgan fingerprint density at radius 2 is 1.89 bits per heavy atom. The Labute approximate surface area is 119 Å². The normalized spacial score (nSPS) is 10.9. The highest BCUT2D eigenvalue weighted by atomic mass is 32.1. The van der Waals surface area contributed by atoms with Crippen LogP contribution in [0.2, 0.25) is 0 Å². The lowest BCUT2D eigenvalue weighted by molar-refractivity contribution is 0.677. The fraction of sp³-hybridized carbons (Fsp3) is 0.438. The van der Waals surface area contributed by atoms with Gasteiger partial charge in [0.1, 0.15) is 5.01 Å². The van der Waals surface area contributed by atoms with E-state index in [1.165, 1.54) is 28.1 Å². The minimum absolute atomic E-state index is 0.945. The quantitative estimate of drug-likeness (QED) is 0.799. The van der Waals surface area contributed by atoms with Crippen LogP contribution < -0.4 is 5.32 Å². The van der Waals surface area contributed by atoms with Gasteiger partial charge in [0, 0.05) is 17.0 Å². The Hall–Kier alpha value is -1.19. The summed E-state index contributed by atoms with van der Waals surface area (Å²) in [5, 5.41) is 4.61. The molecule has 2 rings (SSSR count). The SMILES string of the molecule is CCCNCc1sc(-c2ccc(C)cc2)nc1CC. The number of hydrogen-bond acceptors (Lipinski definition) is 3. The van der Waals surface area contributed by atoms with Gasteiger partial charge in [0.25, 0.3) is 0 Å². The molecule has 1 aromatic heterocycles. The lowest BCUT2D eigenvalue weighted by Crippen LogP contribution is -2.13. The number of nitrogens with one attached hydrogen (secondary N) is 1. The molecule has 0 spiro atoms. The van der Waals surface area contributed by atoms with Gasteiger partial charge in [0.2, 0.25) is 0 Å². The smallest absolute Gasteiger partial charge is 0.123 e. The number of aromatic nitrogens is 1. The molecule has 0 saturated carbocycles. The van der Waals surface area contributed by atoms with Crippen molar-refractivity contribution < 1.29 is 0 Å². The van der Waals surface area contributed by atoms with E-state index in [9.17, 15) is 0 Å². The van der Waals surface area contributed by atoms with E-state index in [0.717, 1.165) is 24.5 Å². The van der Waals surface area contributed by atoms with Gasteiger partial charge in [-0.3, -0.25) is 0 Å². The molecule has 0 radical (unpaired) electrons. The van der Waals surface area contributed by atoms with E-state index in [-0.39, 0.29) is 0 Å². The third kappa shape index (κ3) is 3.64. The first-order valence-electron chi connectivity index (χ1n) is 7.01. The van der Waals surface area contributed by atoms with Crippen molar-refractivity contribution in [3.8, 4) is 10.6 Å². The zero-order chi connectivity index (χ0) is 13.7. The molecular formula is C16H22N2S. The fourth-order valence-corrected chi connectivity index (χ4v) is 3.12. The summed E-state index contributed by atoms with van der Waals surface area (Å²) >= 11 is 1.82. The topological polar surface area (TPSA) is 24.9 Å². The third-order valence-electron chi connectivity index (χ3n) is 3.12. The van der Waals surface area contributed by atoms with Crippen molar-refractivity contribution in [2.45, 2.75) is 40.2 Å². The number of rotatable bonds is 6. The van der Waals surface area contributed by atoms with Gasteiger partial charge in [0.05, 0.1) is 5.69 Å². The van der Waals surface area contributed by atoms with E-state index in [2.05, 4.69) is 50.4 Å². The zero-order valence-corrected chi connectivity index (χ0v) is 12.8. The molecule has 2 aromatic rings. The van der Waals surface area contributed by atoms with E-state index in [1.54, 1.807) is 0 Å². The molecule has 0 atom stereocenters. The Morgan fingerprint density at radius 3 is 2.53 bits per heavy atom. The molecular weight excluding hydrogens is 252 g/mol. The maximum Gasteiger partial charge on any atom is 0.123 e. The summed E-state index contributed by atoms with van der Waals surface area (Å²) in [5.41, 5.74) is 3.76. The lowest BCUT2D eigenvalue weighted by Gasteiger charge is -2.01. The van der Waals surface area contributed by atoms with Crippen LogP contribution in [0.5, 0.6) is 0 Å². The van der Waals surface area contributed by atoms with E-state index in [1.807, 2.05) is 11.3 Å². The first kappa shape index (κ1) is 14.2. The van der Waals surface area contributed by atoms with Crippen LogP contribution in [0.4, 0.5) is 0 Å². The maximum atomic E-state index is 4.79. The van der Waals surface area contributed by atoms with Gasteiger partial charge in [-0.05, 0) is 26.3 Å². The fourth-order valence-electron chi connectivity index (χ4n) is 2.00. The van der Waals surface area contributed by atoms with E-state index in [0.29, 0.717) is 0 Å². The predicted octanol–water partition coefficient (Wildman–Crippen LogP) is 4.18. The van der Waals surface area contributed by atoms with Gasteiger partial charge in [-0.25, -0.2) is 4.98 Å². The molecule has 0 aliphatic heterocycles. The van der Waals surface area contributed by atoms with Crippen LogP contribution >= 0.6 is 11.3 Å². The molecule has 0 aliphatic carbocycles. The Morgan fingerprint density at radius 1 is 1.16 bits per heavy atom. The predicted molar refractivity (Wildman–Crippen MR) is 83.7 cm³/mol. The highest BCUT2D eigenvalue weighted by molar-refractivity contribution is 7.15. The number of nitrogens with zero attached hydrogens (tertiary/aromatic N) is 1. The molecule has 0 fully saturated rings. The summed E-state index contributed by atoms with van der Waals surface area (Å²) in [4.78, 5) is 6.17. The van der Waals surface area contributed by atoms with Crippen molar-refractivity contribution in [2.24, 2.45) is 0 Å². The molecule has 19 heavy (non-hydrogen) atoms. The van der Waals surface area contributed by atoms with Crippen molar-refractivity contribution in [3.05, 3.63) is 40.4 Å². The lowest BCUT2D eigenvalue weighted by atomic mass is 10.2. The van der Waals surface area contributed by atoms with Crippen LogP contribution in [0.1, 0.15) is 36.4 Å². The van der Waals surface area contributed by atoms with E-state index >= 15 is 0 Å². The minimum Gasteiger partial charge on any atom is -0.312 e. The Bertz CT molecular complexity index is 514. The third-order valence-corrected chi connectivity index (χ3v) is 4.27. The van der Waals surface area contributed by atoms with Gasteiger partial charge in [0.15, 0.2) is 0 Å². The van der Waals surface area contributed by atoms with Gasteiger partial charge >= 0.3 is 0 Å². The van der Waals surface area contributed by atoms with Crippen molar-refractivity contribution in [2.75, 3.05) is 6.54 Å². The largest absolute Gasteiger partial charge is 0.312 e. The maximum absolute atomic E-state index is 4.79. The standard InChI is InChI=1S/C16H22N2S/c1-4-10-17-11-15-14(5-2)18-16(19-15)13-8-6-12(3)7-9-13/h6-9,17H,4-5,10-11H2,1-3H3. The second-order valence-electron chi connectivity index (χ2n) is 4.79. The van der Waals surface area contributed by atoms with Crippen LogP contribution in [0.15, 0.2) is 24.3 Å². The molecule has 0 amide bonds. The molecule has 3 heteroatoms. The van der Waals surface area contributed by atoms with Crippen LogP contribution in [0.25, 0.3) is 10.6 Å². The second-order valence-corrected chi connectivity index (χ2v) is 5.87. The minimum atomic E-state index is 0.945. The van der Waals surface area contributed by atoms with Crippen molar-refractivity contribution in [1.82, 2.24) is 10.3 Å². The summed E-state index contributed by atoms with van der Waals surface area (Å²) in [6.45, 7) is 8.50. The van der Waals surface area contributed by atoms with Gasteiger partial charge in [-0.2, -0.15) is 0 Å². The molecule has 1 aromatic carbocycles. The summed E-state index contributed by atoms with van der Waals surface area (Å²) in [6, 6.07) is 8.63. The van der Waals surface area contributed by atoms with Gasteiger partial charge in [-0.15, -0.1) is 11.3 Å². The molecule has 2 nitrogen and oxygen atoms in total. The molecule has 0 saturated heterocycles.